The third-order valence-corrected chi connectivity index (χ3v) is 3.18. The molecular formula is C12H18O8. The standard InChI is InChI=1S/C12H18O8/c1-5-18-9(17)12(8(15)16)19-6-11(20-12,7(13)14)10(2,3)4/h5-6H2,1-4H3,(H,13,14)(H,15,16)/t11-,12-/m0/s1. The van der Waals surface area contributed by atoms with E-state index in [4.69, 9.17) is 9.47 Å². The zero-order chi connectivity index (χ0) is 15.8. The lowest BCUT2D eigenvalue weighted by molar-refractivity contribution is -0.235. The Morgan fingerprint density at radius 2 is 1.75 bits per heavy atom. The van der Waals surface area contributed by atoms with E-state index in [-0.39, 0.29) is 6.61 Å². The number of carboxylic acid groups (broad SMARTS) is 2. The Bertz CT molecular complexity index is 437. The minimum absolute atomic E-state index is 0.0871. The van der Waals surface area contributed by atoms with E-state index >= 15 is 0 Å². The summed E-state index contributed by atoms with van der Waals surface area (Å²) in [4.78, 5) is 34.6. The smallest absolute Gasteiger partial charge is 0.379 e. The zero-order valence-corrected chi connectivity index (χ0v) is 11.8. The van der Waals surface area contributed by atoms with Gasteiger partial charge in [-0.05, 0) is 6.92 Å². The maximum atomic E-state index is 11.8. The number of rotatable bonds is 4. The summed E-state index contributed by atoms with van der Waals surface area (Å²) in [5.41, 5.74) is -2.96. The van der Waals surface area contributed by atoms with Crippen LogP contribution in [0.4, 0.5) is 0 Å². The van der Waals surface area contributed by atoms with Crippen molar-refractivity contribution in [3.8, 4) is 0 Å². The number of hydrogen-bond donors (Lipinski definition) is 2. The van der Waals surface area contributed by atoms with Crippen molar-refractivity contribution in [3.63, 3.8) is 0 Å². The van der Waals surface area contributed by atoms with Gasteiger partial charge in [0.2, 0.25) is 0 Å². The third-order valence-electron chi connectivity index (χ3n) is 3.18. The van der Waals surface area contributed by atoms with Gasteiger partial charge < -0.3 is 24.4 Å². The first-order valence-corrected chi connectivity index (χ1v) is 6.01. The predicted molar refractivity (Wildman–Crippen MR) is 63.9 cm³/mol. The molecule has 1 heterocycles. The highest BCUT2D eigenvalue weighted by atomic mass is 16.8. The molecule has 1 saturated heterocycles. The van der Waals surface area contributed by atoms with Gasteiger partial charge >= 0.3 is 23.7 Å². The van der Waals surface area contributed by atoms with Gasteiger partial charge in [-0.15, -0.1) is 0 Å². The Labute approximate surface area is 115 Å². The van der Waals surface area contributed by atoms with Crippen molar-refractivity contribution in [3.05, 3.63) is 0 Å². The first-order valence-electron chi connectivity index (χ1n) is 6.01. The Morgan fingerprint density at radius 3 is 2.05 bits per heavy atom. The van der Waals surface area contributed by atoms with Crippen LogP contribution in [0.3, 0.4) is 0 Å². The van der Waals surface area contributed by atoms with Crippen LogP contribution in [0.25, 0.3) is 0 Å². The van der Waals surface area contributed by atoms with E-state index in [0.29, 0.717) is 0 Å². The van der Waals surface area contributed by atoms with Crippen LogP contribution in [0.5, 0.6) is 0 Å². The normalized spacial score (nSPS) is 30.0. The Hall–Kier alpha value is -1.67. The molecule has 1 aliphatic rings. The van der Waals surface area contributed by atoms with Gasteiger partial charge in [0.05, 0.1) is 13.2 Å². The number of carbonyl (C=O) groups excluding carboxylic acids is 1. The van der Waals surface area contributed by atoms with Crippen LogP contribution in [-0.2, 0) is 28.6 Å². The summed E-state index contributed by atoms with van der Waals surface area (Å²) in [5, 5.41) is 18.6. The topological polar surface area (TPSA) is 119 Å². The van der Waals surface area contributed by atoms with Gasteiger partial charge in [-0.25, -0.2) is 14.4 Å². The molecule has 114 valence electrons. The third kappa shape index (κ3) is 2.25. The van der Waals surface area contributed by atoms with E-state index in [1.807, 2.05) is 0 Å². The molecule has 20 heavy (non-hydrogen) atoms. The molecule has 1 rings (SSSR count). The molecule has 8 nitrogen and oxygen atoms in total. The molecule has 0 bridgehead atoms. The number of aliphatic carboxylic acids is 2. The highest BCUT2D eigenvalue weighted by Gasteiger charge is 2.68. The molecule has 0 aromatic rings. The monoisotopic (exact) mass is 290 g/mol. The van der Waals surface area contributed by atoms with E-state index in [2.05, 4.69) is 4.74 Å². The predicted octanol–water partition coefficient (Wildman–Crippen LogP) is 0.247. The van der Waals surface area contributed by atoms with Crippen molar-refractivity contribution in [2.45, 2.75) is 39.1 Å². The van der Waals surface area contributed by atoms with Crippen molar-refractivity contribution in [2.24, 2.45) is 5.41 Å². The summed E-state index contributed by atoms with van der Waals surface area (Å²) in [7, 11) is 0. The van der Waals surface area contributed by atoms with Crippen LogP contribution in [-0.4, -0.2) is 52.7 Å². The van der Waals surface area contributed by atoms with Crippen molar-refractivity contribution in [1.82, 2.24) is 0 Å². The van der Waals surface area contributed by atoms with Gasteiger partial charge in [0, 0.05) is 5.41 Å². The molecule has 1 aliphatic heterocycles. The Morgan fingerprint density at radius 1 is 1.20 bits per heavy atom. The zero-order valence-electron chi connectivity index (χ0n) is 11.8. The van der Waals surface area contributed by atoms with Gasteiger partial charge in [0.25, 0.3) is 0 Å². The highest BCUT2D eigenvalue weighted by molar-refractivity contribution is 6.02. The van der Waals surface area contributed by atoms with Crippen molar-refractivity contribution in [1.29, 1.82) is 0 Å². The van der Waals surface area contributed by atoms with Gasteiger partial charge in [-0.1, -0.05) is 20.8 Å². The molecule has 0 saturated carbocycles. The molecule has 2 N–H and O–H groups in total. The second kappa shape index (κ2) is 5.02. The first-order chi connectivity index (χ1) is 9.03. The van der Waals surface area contributed by atoms with Crippen LogP contribution in [0.1, 0.15) is 27.7 Å². The minimum Gasteiger partial charge on any atom is -0.479 e. The summed E-state index contributed by atoms with van der Waals surface area (Å²) >= 11 is 0. The SMILES string of the molecule is CCOC(=O)[C@@]1(C(=O)O)OC[C@](C(=O)O)(C(C)(C)C)O1. The average molecular weight is 290 g/mol. The van der Waals surface area contributed by atoms with Gasteiger partial charge in [-0.3, -0.25) is 0 Å². The number of carboxylic acids is 2. The van der Waals surface area contributed by atoms with Crippen LogP contribution in [0.2, 0.25) is 0 Å². The lowest BCUT2D eigenvalue weighted by atomic mass is 9.77. The number of hydrogen-bond acceptors (Lipinski definition) is 6. The van der Waals surface area contributed by atoms with Crippen molar-refractivity contribution < 1.29 is 38.8 Å². The fraction of sp³-hybridized carbons (Fsp3) is 0.750. The van der Waals surface area contributed by atoms with E-state index in [9.17, 15) is 24.6 Å². The van der Waals surface area contributed by atoms with Gasteiger partial charge in [-0.2, -0.15) is 0 Å². The number of ether oxygens (including phenoxy) is 3. The molecule has 0 radical (unpaired) electrons. The number of esters is 1. The van der Waals surface area contributed by atoms with E-state index in [0.717, 1.165) is 0 Å². The molecule has 0 unspecified atom stereocenters. The lowest BCUT2D eigenvalue weighted by Gasteiger charge is -2.36. The molecule has 0 spiro atoms. The summed E-state index contributed by atoms with van der Waals surface area (Å²) < 4.78 is 14.7. The fourth-order valence-electron chi connectivity index (χ4n) is 1.82. The maximum absolute atomic E-state index is 11.8. The van der Waals surface area contributed by atoms with Gasteiger partial charge in [0.15, 0.2) is 5.60 Å². The lowest BCUT2D eigenvalue weighted by Crippen LogP contribution is -2.57. The highest BCUT2D eigenvalue weighted by Crippen LogP contribution is 2.44. The summed E-state index contributed by atoms with van der Waals surface area (Å²) in [5.74, 6) is -7.18. The molecule has 0 aromatic heterocycles. The van der Waals surface area contributed by atoms with Crippen LogP contribution >= 0.6 is 0 Å². The molecule has 0 amide bonds. The summed E-state index contributed by atoms with van der Waals surface area (Å²) in [6.45, 7) is 5.47. The molecular weight excluding hydrogens is 272 g/mol. The van der Waals surface area contributed by atoms with Crippen molar-refractivity contribution in [2.75, 3.05) is 13.2 Å². The molecule has 0 aromatic carbocycles. The van der Waals surface area contributed by atoms with Crippen molar-refractivity contribution >= 4 is 17.9 Å². The minimum atomic E-state index is -2.75. The van der Waals surface area contributed by atoms with E-state index < -0.39 is 41.3 Å². The largest absolute Gasteiger partial charge is 0.479 e. The Balaban J connectivity index is 3.27. The molecule has 8 heteroatoms. The van der Waals surface area contributed by atoms with Gasteiger partial charge in [0.1, 0.15) is 0 Å². The molecule has 2 atom stereocenters. The molecule has 0 aliphatic carbocycles. The van der Waals surface area contributed by atoms with E-state index in [1.54, 1.807) is 20.8 Å². The van der Waals surface area contributed by atoms with Crippen LogP contribution < -0.4 is 0 Å². The average Bonchev–Trinajstić information content (AvgIpc) is 2.71. The maximum Gasteiger partial charge on any atom is 0.379 e. The Kier molecular flexibility index (Phi) is 4.12. The quantitative estimate of drug-likeness (QED) is 0.558. The summed E-state index contributed by atoms with van der Waals surface area (Å²) in [6, 6.07) is 0. The first kappa shape index (κ1) is 16.4. The second-order valence-corrected chi connectivity index (χ2v) is 5.42. The fourth-order valence-corrected chi connectivity index (χ4v) is 1.82. The molecule has 1 fully saturated rings. The second-order valence-electron chi connectivity index (χ2n) is 5.42. The number of carbonyl (C=O) groups is 3. The van der Waals surface area contributed by atoms with E-state index in [1.165, 1.54) is 6.92 Å². The summed E-state index contributed by atoms with van der Waals surface area (Å²) in [6.07, 6.45) is 0. The van der Waals surface area contributed by atoms with Crippen LogP contribution in [0.15, 0.2) is 0 Å². The van der Waals surface area contributed by atoms with Crippen LogP contribution in [0, 0.1) is 5.41 Å².